The third-order valence-corrected chi connectivity index (χ3v) is 8.05. The number of thiazole rings is 1. The highest BCUT2D eigenvalue weighted by atomic mass is 32.1. The quantitative estimate of drug-likeness (QED) is 0.431. The summed E-state index contributed by atoms with van der Waals surface area (Å²) < 4.78 is 0. The van der Waals surface area contributed by atoms with Gasteiger partial charge in [-0.05, 0) is 51.4 Å². The molecule has 2 amide bonds. The minimum absolute atomic E-state index is 0.256. The number of H-pyrrole nitrogens is 1. The van der Waals surface area contributed by atoms with Crippen LogP contribution in [0, 0.1) is 12.8 Å². The Morgan fingerprint density at radius 2 is 1.94 bits per heavy atom. The number of aromatic nitrogens is 2. The molecular formula is C25H29N5O4S. The molecule has 0 spiro atoms. The Hall–Kier alpha value is -3.24. The van der Waals surface area contributed by atoms with E-state index in [0.717, 1.165) is 46.5 Å². The van der Waals surface area contributed by atoms with Crippen LogP contribution in [-0.4, -0.2) is 63.4 Å². The average Bonchev–Trinajstić information content (AvgIpc) is 3.43. The summed E-state index contributed by atoms with van der Waals surface area (Å²) in [6, 6.07) is 6.86. The summed E-state index contributed by atoms with van der Waals surface area (Å²) in [6.45, 7) is 3.67. The zero-order valence-electron chi connectivity index (χ0n) is 19.8. The molecule has 9 nitrogen and oxygen atoms in total. The Morgan fingerprint density at radius 1 is 1.14 bits per heavy atom. The molecule has 1 aromatic carbocycles. The Morgan fingerprint density at radius 3 is 2.74 bits per heavy atom. The molecule has 1 saturated carbocycles. The molecule has 1 fully saturated rings. The van der Waals surface area contributed by atoms with Crippen molar-refractivity contribution in [3.8, 4) is 0 Å². The number of aromatic amines is 1. The number of carboxylic acids is 1. The van der Waals surface area contributed by atoms with Gasteiger partial charge in [0.25, 0.3) is 11.8 Å². The molecule has 3 atom stereocenters. The maximum absolute atomic E-state index is 13.1. The van der Waals surface area contributed by atoms with Crippen molar-refractivity contribution in [2.45, 2.75) is 51.2 Å². The molecule has 1 aliphatic heterocycles. The molecule has 0 saturated heterocycles. The van der Waals surface area contributed by atoms with Crippen molar-refractivity contribution in [2.24, 2.45) is 5.92 Å². The summed E-state index contributed by atoms with van der Waals surface area (Å²) in [5, 5.41) is 16.9. The predicted octanol–water partition coefficient (Wildman–Crippen LogP) is 2.70. The number of nitrogens with zero attached hydrogens (tertiary/aromatic N) is 2. The second-order valence-corrected chi connectivity index (χ2v) is 10.7. The van der Waals surface area contributed by atoms with Gasteiger partial charge in [0, 0.05) is 41.3 Å². The number of rotatable bonds is 5. The fraction of sp³-hybridized carbons (Fsp3) is 0.440. The number of carbonyl (C=O) groups is 3. The van der Waals surface area contributed by atoms with Crippen molar-refractivity contribution < 1.29 is 19.5 Å². The van der Waals surface area contributed by atoms with Crippen LogP contribution in [-0.2, 0) is 17.8 Å². The monoisotopic (exact) mass is 495 g/mol. The van der Waals surface area contributed by atoms with E-state index in [1.807, 2.05) is 38.2 Å². The molecule has 0 radical (unpaired) electrons. The lowest BCUT2D eigenvalue weighted by Gasteiger charge is -2.35. The maximum Gasteiger partial charge on any atom is 0.306 e. The molecule has 3 heterocycles. The van der Waals surface area contributed by atoms with E-state index < -0.39 is 17.9 Å². The highest BCUT2D eigenvalue weighted by Crippen LogP contribution is 2.28. The number of carbonyl (C=O) groups excluding carboxylic acids is 2. The van der Waals surface area contributed by atoms with E-state index in [-0.39, 0.29) is 24.3 Å². The summed E-state index contributed by atoms with van der Waals surface area (Å²) in [4.78, 5) is 48.8. The number of fused-ring (bicyclic) bond motifs is 2. The lowest BCUT2D eigenvalue weighted by atomic mass is 9.82. The second kappa shape index (κ2) is 9.43. The normalized spacial score (nSPS) is 22.5. The van der Waals surface area contributed by atoms with Crippen LogP contribution in [0.25, 0.3) is 10.9 Å². The Labute approximate surface area is 206 Å². The van der Waals surface area contributed by atoms with Crippen molar-refractivity contribution in [1.29, 1.82) is 0 Å². The molecule has 2 aliphatic rings. The molecular weight excluding hydrogens is 466 g/mol. The van der Waals surface area contributed by atoms with Crippen LogP contribution < -0.4 is 10.6 Å². The molecule has 3 aromatic rings. The Balaban J connectivity index is 1.32. The first kappa shape index (κ1) is 23.5. The van der Waals surface area contributed by atoms with Crippen LogP contribution >= 0.6 is 11.3 Å². The van der Waals surface area contributed by atoms with Gasteiger partial charge in [-0.3, -0.25) is 14.4 Å². The molecule has 1 aliphatic carbocycles. The molecule has 10 heteroatoms. The van der Waals surface area contributed by atoms with Gasteiger partial charge in [0.2, 0.25) is 0 Å². The summed E-state index contributed by atoms with van der Waals surface area (Å²) in [5.41, 5.74) is 3.38. The molecule has 5 rings (SSSR count). The van der Waals surface area contributed by atoms with E-state index in [1.54, 1.807) is 0 Å². The van der Waals surface area contributed by atoms with Crippen molar-refractivity contribution >= 4 is 40.0 Å². The van der Waals surface area contributed by atoms with Crippen molar-refractivity contribution in [3.05, 3.63) is 51.1 Å². The predicted molar refractivity (Wildman–Crippen MR) is 133 cm³/mol. The topological polar surface area (TPSA) is 127 Å². The number of nitrogens with one attached hydrogen (secondary N) is 3. The third kappa shape index (κ3) is 4.94. The minimum Gasteiger partial charge on any atom is -0.481 e. The van der Waals surface area contributed by atoms with Crippen molar-refractivity contribution in [2.75, 3.05) is 13.6 Å². The van der Waals surface area contributed by atoms with E-state index in [4.69, 9.17) is 0 Å². The smallest absolute Gasteiger partial charge is 0.306 e. The number of likely N-dealkylation sites (N-methyl/N-ethyl adjacent to an activating group) is 1. The lowest BCUT2D eigenvalue weighted by molar-refractivity contribution is -0.143. The van der Waals surface area contributed by atoms with Crippen LogP contribution in [0.4, 0.5) is 0 Å². The minimum atomic E-state index is -0.882. The van der Waals surface area contributed by atoms with Gasteiger partial charge in [0.1, 0.15) is 5.69 Å². The van der Waals surface area contributed by atoms with Crippen LogP contribution in [0.3, 0.4) is 0 Å². The van der Waals surface area contributed by atoms with E-state index in [9.17, 15) is 19.5 Å². The van der Waals surface area contributed by atoms with Crippen molar-refractivity contribution in [1.82, 2.24) is 25.5 Å². The average molecular weight is 496 g/mol. The van der Waals surface area contributed by atoms with Gasteiger partial charge in [-0.25, -0.2) is 4.98 Å². The standard InChI is InChI=1S/C25H29N5O4S/c1-13-3-5-16-15(9-13)11-20(26-16)22(31)27-17-6-4-14(25(33)34)10-19(17)28-23(32)24-29-18-7-8-30(2)12-21(18)35-24/h3,5,9,11,14,17,19,26H,4,6-8,10,12H2,1-2H3,(H,27,31)(H,28,32)(H,33,34)/t14-,17+,19+/m0/s1. The summed E-state index contributed by atoms with van der Waals surface area (Å²) in [6.07, 6.45) is 1.97. The number of amides is 2. The second-order valence-electron chi connectivity index (χ2n) is 9.66. The Kier molecular flexibility index (Phi) is 6.33. The van der Waals surface area contributed by atoms with Crippen LogP contribution in [0.2, 0.25) is 0 Å². The fourth-order valence-corrected chi connectivity index (χ4v) is 6.09. The summed E-state index contributed by atoms with van der Waals surface area (Å²) >= 11 is 1.38. The Bertz CT molecular complexity index is 1300. The summed E-state index contributed by atoms with van der Waals surface area (Å²) in [7, 11) is 2.04. The van der Waals surface area contributed by atoms with Gasteiger partial charge in [-0.2, -0.15) is 0 Å². The van der Waals surface area contributed by atoms with Gasteiger partial charge in [0.15, 0.2) is 5.01 Å². The first-order valence-electron chi connectivity index (χ1n) is 11.9. The molecule has 0 unspecified atom stereocenters. The molecule has 4 N–H and O–H groups in total. The number of aryl methyl sites for hydroxylation is 1. The van der Waals surface area contributed by atoms with E-state index in [1.165, 1.54) is 11.3 Å². The summed E-state index contributed by atoms with van der Waals surface area (Å²) in [5.74, 6) is -2.04. The lowest BCUT2D eigenvalue weighted by Crippen LogP contribution is -2.55. The van der Waals surface area contributed by atoms with Crippen LogP contribution in [0.1, 0.15) is 55.7 Å². The molecule has 2 aromatic heterocycles. The van der Waals surface area contributed by atoms with Crippen LogP contribution in [0.15, 0.2) is 24.3 Å². The SMILES string of the molecule is Cc1ccc2[nH]c(C(=O)N[C@@H]3CC[C@H](C(=O)O)C[C@H]3NC(=O)c3nc4c(s3)CN(C)CC4)cc2c1. The van der Waals surface area contributed by atoms with Gasteiger partial charge < -0.3 is 25.6 Å². The molecule has 0 bridgehead atoms. The fourth-order valence-electron chi connectivity index (χ4n) is 5.00. The zero-order valence-corrected chi connectivity index (χ0v) is 20.6. The highest BCUT2D eigenvalue weighted by Gasteiger charge is 2.36. The molecule has 184 valence electrons. The number of benzene rings is 1. The van der Waals surface area contributed by atoms with Crippen molar-refractivity contribution in [3.63, 3.8) is 0 Å². The maximum atomic E-state index is 13.1. The number of hydrogen-bond donors (Lipinski definition) is 4. The first-order valence-corrected chi connectivity index (χ1v) is 12.7. The van der Waals surface area contributed by atoms with Gasteiger partial charge >= 0.3 is 5.97 Å². The highest BCUT2D eigenvalue weighted by molar-refractivity contribution is 7.13. The zero-order chi connectivity index (χ0) is 24.7. The third-order valence-electron chi connectivity index (χ3n) is 6.97. The van der Waals surface area contributed by atoms with E-state index >= 15 is 0 Å². The van der Waals surface area contributed by atoms with Gasteiger partial charge in [-0.1, -0.05) is 11.6 Å². The van der Waals surface area contributed by atoms with Gasteiger partial charge in [0.05, 0.1) is 17.7 Å². The number of aliphatic carboxylic acids is 1. The van der Waals surface area contributed by atoms with Gasteiger partial charge in [-0.15, -0.1) is 11.3 Å². The first-order chi connectivity index (χ1) is 16.8. The van der Waals surface area contributed by atoms with Crippen LogP contribution in [0.5, 0.6) is 0 Å². The van der Waals surface area contributed by atoms with E-state index in [0.29, 0.717) is 23.5 Å². The number of carboxylic acid groups (broad SMARTS) is 1. The largest absolute Gasteiger partial charge is 0.481 e. The number of hydrogen-bond acceptors (Lipinski definition) is 6. The van der Waals surface area contributed by atoms with E-state index in [2.05, 4.69) is 25.5 Å². The molecule has 35 heavy (non-hydrogen) atoms.